The summed E-state index contributed by atoms with van der Waals surface area (Å²) < 4.78 is 0. The van der Waals surface area contributed by atoms with E-state index in [0.717, 1.165) is 17.1 Å². The van der Waals surface area contributed by atoms with E-state index < -0.39 is 0 Å². The first kappa shape index (κ1) is 10.8. The molecule has 2 rings (SSSR count). The second-order valence-corrected chi connectivity index (χ2v) is 7.21. The Hall–Kier alpha value is 0.310. The molecular weight excluding hydrogens is 190 g/mol. The maximum absolute atomic E-state index is 3.74. The molecule has 0 bridgehead atoms. The lowest BCUT2D eigenvalue weighted by atomic mass is 9.79. The Kier molecular flexibility index (Phi) is 3.13. The Labute approximate surface area is 92.4 Å². The molecule has 0 aromatic carbocycles. The molecule has 1 aliphatic carbocycles. The maximum Gasteiger partial charge on any atom is 0.0648 e. The van der Waals surface area contributed by atoms with Crippen LogP contribution in [-0.4, -0.2) is 16.7 Å². The zero-order valence-corrected chi connectivity index (χ0v) is 10.5. The summed E-state index contributed by atoms with van der Waals surface area (Å²) in [7, 11) is 0. The molecule has 2 aliphatic rings. The molecule has 82 valence electrons. The van der Waals surface area contributed by atoms with Gasteiger partial charge in [0.2, 0.25) is 0 Å². The predicted octanol–water partition coefficient (Wildman–Crippen LogP) is 3.25. The van der Waals surface area contributed by atoms with E-state index in [1.807, 2.05) is 0 Å². The molecule has 1 saturated carbocycles. The van der Waals surface area contributed by atoms with Crippen LogP contribution >= 0.6 is 11.8 Å². The van der Waals surface area contributed by atoms with Gasteiger partial charge in [0.25, 0.3) is 0 Å². The van der Waals surface area contributed by atoms with Gasteiger partial charge in [-0.15, -0.1) is 11.8 Å². The highest BCUT2D eigenvalue weighted by molar-refractivity contribution is 8.01. The van der Waals surface area contributed by atoms with Gasteiger partial charge in [0, 0.05) is 11.8 Å². The highest BCUT2D eigenvalue weighted by atomic mass is 32.2. The lowest BCUT2D eigenvalue weighted by molar-refractivity contribution is 0.228. The van der Waals surface area contributed by atoms with Crippen molar-refractivity contribution in [1.82, 2.24) is 5.32 Å². The van der Waals surface area contributed by atoms with Crippen LogP contribution in [0.2, 0.25) is 0 Å². The fourth-order valence-corrected chi connectivity index (χ4v) is 4.44. The highest BCUT2D eigenvalue weighted by Gasteiger charge is 2.41. The van der Waals surface area contributed by atoms with Gasteiger partial charge in [-0.2, -0.15) is 0 Å². The average Bonchev–Trinajstić information content (AvgIpc) is 2.48. The van der Waals surface area contributed by atoms with Crippen molar-refractivity contribution in [1.29, 1.82) is 0 Å². The molecule has 1 nitrogen and oxygen atoms in total. The summed E-state index contributed by atoms with van der Waals surface area (Å²) in [5, 5.41) is 4.57. The fourth-order valence-electron chi connectivity index (χ4n) is 2.87. The van der Waals surface area contributed by atoms with Crippen molar-refractivity contribution >= 4 is 11.8 Å². The van der Waals surface area contributed by atoms with Gasteiger partial charge in [0.15, 0.2) is 0 Å². The van der Waals surface area contributed by atoms with E-state index in [2.05, 4.69) is 37.8 Å². The van der Waals surface area contributed by atoms with Crippen molar-refractivity contribution < 1.29 is 0 Å². The minimum atomic E-state index is 0.477. The zero-order valence-electron chi connectivity index (χ0n) is 9.68. The number of thioether (sulfide) groups is 1. The summed E-state index contributed by atoms with van der Waals surface area (Å²) >= 11 is 2.19. The molecule has 1 atom stereocenters. The van der Waals surface area contributed by atoms with Crippen LogP contribution in [0, 0.1) is 11.8 Å². The quantitative estimate of drug-likeness (QED) is 0.717. The van der Waals surface area contributed by atoms with Crippen LogP contribution in [0.5, 0.6) is 0 Å². The van der Waals surface area contributed by atoms with Gasteiger partial charge in [0.1, 0.15) is 0 Å². The van der Waals surface area contributed by atoms with Crippen LogP contribution in [-0.2, 0) is 0 Å². The van der Waals surface area contributed by atoms with Crippen LogP contribution in [0.3, 0.4) is 0 Å². The second kappa shape index (κ2) is 4.05. The van der Waals surface area contributed by atoms with Gasteiger partial charge >= 0.3 is 0 Å². The van der Waals surface area contributed by atoms with Crippen molar-refractivity contribution in [3.05, 3.63) is 0 Å². The molecule has 1 N–H and O–H groups in total. The summed E-state index contributed by atoms with van der Waals surface area (Å²) in [6, 6.07) is 0. The van der Waals surface area contributed by atoms with Gasteiger partial charge < -0.3 is 5.32 Å². The highest BCUT2D eigenvalue weighted by Crippen LogP contribution is 2.46. The molecular formula is C12H23NS. The third kappa shape index (κ3) is 2.11. The van der Waals surface area contributed by atoms with Crippen molar-refractivity contribution in [2.45, 2.75) is 56.6 Å². The number of hydrogen-bond acceptors (Lipinski definition) is 2. The Bertz CT molecular complexity index is 194. The molecule has 2 fully saturated rings. The normalized spacial score (nSPS) is 43.7. The van der Waals surface area contributed by atoms with Crippen LogP contribution in [0.25, 0.3) is 0 Å². The van der Waals surface area contributed by atoms with Gasteiger partial charge in [-0.25, -0.2) is 0 Å². The first-order valence-corrected chi connectivity index (χ1v) is 6.92. The van der Waals surface area contributed by atoms with Crippen molar-refractivity contribution in [2.75, 3.05) is 6.54 Å². The molecule has 2 heteroatoms. The van der Waals surface area contributed by atoms with Crippen molar-refractivity contribution in [2.24, 2.45) is 11.8 Å². The standard InChI is InChI=1S/C12H23NS/c1-9(2)11-4-6-12(7-5-11)13-8-10(3)14-12/h9-11,13H,4-8H2,1-3H3. The topological polar surface area (TPSA) is 12.0 Å². The number of rotatable bonds is 1. The molecule has 1 heterocycles. The van der Waals surface area contributed by atoms with Crippen LogP contribution in [0.4, 0.5) is 0 Å². The molecule has 1 saturated heterocycles. The van der Waals surface area contributed by atoms with Crippen LogP contribution in [0.15, 0.2) is 0 Å². The van der Waals surface area contributed by atoms with E-state index in [-0.39, 0.29) is 0 Å². The lowest BCUT2D eigenvalue weighted by Gasteiger charge is -2.38. The fraction of sp³-hybridized carbons (Fsp3) is 1.00. The largest absolute Gasteiger partial charge is 0.302 e. The smallest absolute Gasteiger partial charge is 0.0648 e. The van der Waals surface area contributed by atoms with Gasteiger partial charge in [-0.1, -0.05) is 20.8 Å². The molecule has 14 heavy (non-hydrogen) atoms. The third-order valence-electron chi connectivity index (χ3n) is 3.92. The molecule has 1 aliphatic heterocycles. The lowest BCUT2D eigenvalue weighted by Crippen LogP contribution is -2.41. The molecule has 0 amide bonds. The molecule has 0 radical (unpaired) electrons. The van der Waals surface area contributed by atoms with E-state index in [4.69, 9.17) is 0 Å². The van der Waals surface area contributed by atoms with Gasteiger partial charge in [-0.3, -0.25) is 0 Å². The summed E-state index contributed by atoms with van der Waals surface area (Å²) in [5.41, 5.74) is 0. The van der Waals surface area contributed by atoms with E-state index in [9.17, 15) is 0 Å². The van der Waals surface area contributed by atoms with E-state index in [1.54, 1.807) is 0 Å². The second-order valence-electron chi connectivity index (χ2n) is 5.39. The van der Waals surface area contributed by atoms with Crippen molar-refractivity contribution in [3.63, 3.8) is 0 Å². The SMILES string of the molecule is CC1CNC2(CCC(C(C)C)CC2)S1. The summed E-state index contributed by atoms with van der Waals surface area (Å²) in [6.45, 7) is 8.32. The average molecular weight is 213 g/mol. The third-order valence-corrected chi connectivity index (χ3v) is 5.49. The van der Waals surface area contributed by atoms with Crippen molar-refractivity contribution in [3.8, 4) is 0 Å². The van der Waals surface area contributed by atoms with E-state index in [1.165, 1.54) is 32.2 Å². The molecule has 0 aromatic heterocycles. The molecule has 0 aromatic rings. The minimum absolute atomic E-state index is 0.477. The monoisotopic (exact) mass is 213 g/mol. The van der Waals surface area contributed by atoms with Crippen LogP contribution in [0.1, 0.15) is 46.5 Å². The Morgan fingerprint density at radius 3 is 2.36 bits per heavy atom. The van der Waals surface area contributed by atoms with Gasteiger partial charge in [0.05, 0.1) is 4.87 Å². The molecule has 1 spiro atoms. The maximum atomic E-state index is 3.74. The molecule has 1 unspecified atom stereocenters. The summed E-state index contributed by atoms with van der Waals surface area (Å²) in [5.74, 6) is 1.87. The number of hydrogen-bond donors (Lipinski definition) is 1. The Balaban J connectivity index is 1.89. The summed E-state index contributed by atoms with van der Waals surface area (Å²) in [4.78, 5) is 0.477. The first-order valence-electron chi connectivity index (χ1n) is 6.04. The first-order chi connectivity index (χ1) is 6.61. The van der Waals surface area contributed by atoms with Crippen LogP contribution < -0.4 is 5.32 Å². The summed E-state index contributed by atoms with van der Waals surface area (Å²) in [6.07, 6.45) is 5.66. The zero-order chi connectivity index (χ0) is 10.2. The van der Waals surface area contributed by atoms with E-state index >= 15 is 0 Å². The Morgan fingerprint density at radius 2 is 1.93 bits per heavy atom. The minimum Gasteiger partial charge on any atom is -0.302 e. The predicted molar refractivity (Wildman–Crippen MR) is 64.6 cm³/mol. The van der Waals surface area contributed by atoms with Gasteiger partial charge in [-0.05, 0) is 37.5 Å². The number of nitrogens with one attached hydrogen (secondary N) is 1. The Morgan fingerprint density at radius 1 is 1.29 bits per heavy atom. The van der Waals surface area contributed by atoms with E-state index in [0.29, 0.717) is 4.87 Å².